The maximum absolute atomic E-state index is 11.0. The molecule has 3 rings (SSSR count). The van der Waals surface area contributed by atoms with Crippen molar-refractivity contribution < 1.29 is 13.0 Å². The van der Waals surface area contributed by atoms with E-state index >= 15 is 0 Å². The normalized spacial score (nSPS) is 13.6. The van der Waals surface area contributed by atoms with E-state index in [2.05, 4.69) is 29.2 Å². The van der Waals surface area contributed by atoms with Gasteiger partial charge in [0.1, 0.15) is 0 Å². The lowest BCUT2D eigenvalue weighted by molar-refractivity contribution is 0.481. The van der Waals surface area contributed by atoms with Crippen LogP contribution >= 0.6 is 11.8 Å². The summed E-state index contributed by atoms with van der Waals surface area (Å²) >= 11 is 1.72. The fourth-order valence-electron chi connectivity index (χ4n) is 2.59. The molecular weight excluding hydrogens is 318 g/mol. The molecule has 2 aromatic rings. The van der Waals surface area contributed by atoms with E-state index in [0.29, 0.717) is 13.0 Å². The van der Waals surface area contributed by atoms with E-state index in [1.54, 1.807) is 11.8 Å². The lowest BCUT2D eigenvalue weighted by atomic mass is 10.1. The molecule has 0 aliphatic carbocycles. The maximum Gasteiger partial charge on any atom is 0.264 e. The molecule has 1 heterocycles. The first-order valence-corrected chi connectivity index (χ1v) is 9.47. The summed E-state index contributed by atoms with van der Waals surface area (Å²) in [4.78, 5) is 4.46. The summed E-state index contributed by atoms with van der Waals surface area (Å²) in [5.74, 6) is -0.222. The molecule has 22 heavy (non-hydrogen) atoms. The molecule has 0 bridgehead atoms. The molecule has 4 nitrogen and oxygen atoms in total. The number of nitrogens with zero attached hydrogens (tertiary/aromatic N) is 1. The van der Waals surface area contributed by atoms with Crippen LogP contribution in [-0.2, 0) is 10.1 Å². The highest BCUT2D eigenvalue weighted by Gasteiger charge is 2.23. The van der Waals surface area contributed by atoms with Gasteiger partial charge in [-0.05, 0) is 43.2 Å². The third-order valence-corrected chi connectivity index (χ3v) is 5.50. The lowest BCUT2D eigenvalue weighted by Crippen LogP contribution is -2.23. The number of benzene rings is 2. The van der Waals surface area contributed by atoms with E-state index in [4.69, 9.17) is 4.55 Å². The molecule has 0 atom stereocenters. The van der Waals surface area contributed by atoms with Crippen LogP contribution in [-0.4, -0.2) is 25.3 Å². The standard InChI is InChI=1S/C16H17NO3S2/c1-12-7-8-16-14(11-12)17(9-4-10-22(18,19)20)13-5-2-3-6-15(13)21-16/h2-3,5-8,11H,4,9-10H2,1H3,(H,18,19,20). The van der Waals surface area contributed by atoms with Crippen molar-refractivity contribution in [3.63, 3.8) is 0 Å². The quantitative estimate of drug-likeness (QED) is 0.860. The number of aryl methyl sites for hydroxylation is 1. The van der Waals surface area contributed by atoms with Crippen LogP contribution in [0.1, 0.15) is 12.0 Å². The van der Waals surface area contributed by atoms with E-state index in [-0.39, 0.29) is 5.75 Å². The number of hydrogen-bond acceptors (Lipinski definition) is 4. The Hall–Kier alpha value is -1.50. The zero-order chi connectivity index (χ0) is 15.7. The van der Waals surface area contributed by atoms with Gasteiger partial charge < -0.3 is 4.90 Å². The van der Waals surface area contributed by atoms with E-state index in [9.17, 15) is 8.42 Å². The molecule has 0 unspecified atom stereocenters. The summed E-state index contributed by atoms with van der Waals surface area (Å²) in [5, 5.41) is 0. The molecule has 116 valence electrons. The van der Waals surface area contributed by atoms with Crippen LogP contribution in [0.3, 0.4) is 0 Å². The van der Waals surface area contributed by atoms with Crippen LogP contribution in [0.4, 0.5) is 11.4 Å². The predicted octanol–water partition coefficient (Wildman–Crippen LogP) is 3.88. The van der Waals surface area contributed by atoms with Gasteiger partial charge in [0.05, 0.1) is 17.1 Å². The van der Waals surface area contributed by atoms with E-state index in [1.165, 1.54) is 5.56 Å². The van der Waals surface area contributed by atoms with Crippen LogP contribution in [0.2, 0.25) is 0 Å². The van der Waals surface area contributed by atoms with Crippen molar-refractivity contribution in [2.24, 2.45) is 0 Å². The first-order valence-electron chi connectivity index (χ1n) is 7.04. The second-order valence-electron chi connectivity index (χ2n) is 5.33. The van der Waals surface area contributed by atoms with E-state index in [0.717, 1.165) is 21.2 Å². The Morgan fingerprint density at radius 1 is 1.09 bits per heavy atom. The van der Waals surface area contributed by atoms with Crippen molar-refractivity contribution in [1.82, 2.24) is 0 Å². The van der Waals surface area contributed by atoms with Crippen LogP contribution in [0.5, 0.6) is 0 Å². The van der Waals surface area contributed by atoms with Crippen molar-refractivity contribution in [3.8, 4) is 0 Å². The molecule has 2 aromatic carbocycles. The average Bonchev–Trinajstić information content (AvgIpc) is 2.46. The Labute approximate surface area is 134 Å². The van der Waals surface area contributed by atoms with Gasteiger partial charge in [-0.3, -0.25) is 4.55 Å². The molecule has 0 spiro atoms. The number of para-hydroxylation sites is 1. The second-order valence-corrected chi connectivity index (χ2v) is 7.99. The molecule has 6 heteroatoms. The fourth-order valence-corrected chi connectivity index (χ4v) is 4.16. The van der Waals surface area contributed by atoms with Gasteiger partial charge in [0, 0.05) is 16.3 Å². The zero-order valence-corrected chi connectivity index (χ0v) is 13.8. The minimum Gasteiger partial charge on any atom is -0.340 e. The third kappa shape index (κ3) is 3.29. The van der Waals surface area contributed by atoms with Crippen LogP contribution < -0.4 is 4.90 Å². The van der Waals surface area contributed by atoms with Crippen molar-refractivity contribution >= 4 is 33.3 Å². The van der Waals surface area contributed by atoms with Gasteiger partial charge in [-0.2, -0.15) is 8.42 Å². The number of anilines is 2. The number of rotatable bonds is 4. The molecule has 0 fully saturated rings. The molecule has 1 N–H and O–H groups in total. The Kier molecular flexibility index (Phi) is 4.16. The van der Waals surface area contributed by atoms with Crippen LogP contribution in [0.25, 0.3) is 0 Å². The summed E-state index contributed by atoms with van der Waals surface area (Å²) in [6, 6.07) is 14.4. The Bertz CT molecular complexity index is 803. The lowest BCUT2D eigenvalue weighted by Gasteiger charge is -2.33. The minimum absolute atomic E-state index is 0.222. The van der Waals surface area contributed by atoms with Gasteiger partial charge in [-0.25, -0.2) is 0 Å². The summed E-state index contributed by atoms with van der Waals surface area (Å²) < 4.78 is 30.8. The first-order chi connectivity index (χ1) is 10.4. The second kappa shape index (κ2) is 5.95. The molecular formula is C16H17NO3S2. The highest BCUT2D eigenvalue weighted by molar-refractivity contribution is 7.99. The van der Waals surface area contributed by atoms with E-state index < -0.39 is 10.1 Å². The molecule has 0 aromatic heterocycles. The zero-order valence-electron chi connectivity index (χ0n) is 12.2. The molecule has 1 aliphatic heterocycles. The van der Waals surface area contributed by atoms with Gasteiger partial charge in [0.25, 0.3) is 10.1 Å². The molecule has 0 amide bonds. The molecule has 0 saturated heterocycles. The highest BCUT2D eigenvalue weighted by atomic mass is 32.2. The smallest absolute Gasteiger partial charge is 0.264 e. The predicted molar refractivity (Wildman–Crippen MR) is 89.8 cm³/mol. The van der Waals surface area contributed by atoms with Crippen LogP contribution in [0.15, 0.2) is 52.3 Å². The van der Waals surface area contributed by atoms with Crippen LogP contribution in [0, 0.1) is 6.92 Å². The summed E-state index contributed by atoms with van der Waals surface area (Å²) in [6.07, 6.45) is 0.380. The maximum atomic E-state index is 11.0. The van der Waals surface area contributed by atoms with Gasteiger partial charge in [-0.1, -0.05) is 30.0 Å². The van der Waals surface area contributed by atoms with Gasteiger partial charge in [0.15, 0.2) is 0 Å². The van der Waals surface area contributed by atoms with E-state index in [1.807, 2.05) is 25.1 Å². The molecule has 0 saturated carbocycles. The Morgan fingerprint density at radius 2 is 1.82 bits per heavy atom. The third-order valence-electron chi connectivity index (χ3n) is 3.57. The molecule has 1 aliphatic rings. The average molecular weight is 335 g/mol. The van der Waals surface area contributed by atoms with Crippen molar-refractivity contribution in [3.05, 3.63) is 48.0 Å². The fraction of sp³-hybridized carbons (Fsp3) is 0.250. The summed E-state index contributed by atoms with van der Waals surface area (Å²) in [5.41, 5.74) is 3.35. The number of fused-ring (bicyclic) bond motifs is 2. The SMILES string of the molecule is Cc1ccc2c(c1)N(CCCS(=O)(=O)O)c1ccccc1S2. The van der Waals surface area contributed by atoms with Crippen molar-refractivity contribution in [1.29, 1.82) is 0 Å². The Morgan fingerprint density at radius 3 is 2.59 bits per heavy atom. The largest absolute Gasteiger partial charge is 0.340 e. The Balaban J connectivity index is 1.95. The van der Waals surface area contributed by atoms with Gasteiger partial charge in [-0.15, -0.1) is 0 Å². The monoisotopic (exact) mass is 335 g/mol. The summed E-state index contributed by atoms with van der Waals surface area (Å²) in [7, 11) is -3.92. The summed E-state index contributed by atoms with van der Waals surface area (Å²) in [6.45, 7) is 2.59. The molecule has 0 radical (unpaired) electrons. The van der Waals surface area contributed by atoms with Crippen molar-refractivity contribution in [2.45, 2.75) is 23.1 Å². The highest BCUT2D eigenvalue weighted by Crippen LogP contribution is 2.48. The number of hydrogen-bond donors (Lipinski definition) is 1. The topological polar surface area (TPSA) is 57.6 Å². The minimum atomic E-state index is -3.92. The van der Waals surface area contributed by atoms with Crippen molar-refractivity contribution in [2.75, 3.05) is 17.2 Å². The van der Waals surface area contributed by atoms with Gasteiger partial charge in [0.2, 0.25) is 0 Å². The first kappa shape index (κ1) is 15.4. The van der Waals surface area contributed by atoms with Gasteiger partial charge >= 0.3 is 0 Å².